The van der Waals surface area contributed by atoms with Gasteiger partial charge in [0, 0.05) is 13.1 Å². The summed E-state index contributed by atoms with van der Waals surface area (Å²) >= 11 is 0. The summed E-state index contributed by atoms with van der Waals surface area (Å²) in [6.45, 7) is 2.20. The lowest BCUT2D eigenvalue weighted by molar-refractivity contribution is 0.0652. The van der Waals surface area contributed by atoms with E-state index in [0.717, 1.165) is 17.7 Å². The van der Waals surface area contributed by atoms with Gasteiger partial charge in [0.05, 0.1) is 16.4 Å². The number of imide groups is 1. The predicted molar refractivity (Wildman–Crippen MR) is 85.5 cm³/mol. The summed E-state index contributed by atoms with van der Waals surface area (Å²) in [7, 11) is -3.41. The number of sulfonamides is 1. The van der Waals surface area contributed by atoms with Gasteiger partial charge in [-0.1, -0.05) is 12.1 Å². The maximum atomic E-state index is 12.2. The Morgan fingerprint density at radius 3 is 2.26 bits per heavy atom. The summed E-state index contributed by atoms with van der Waals surface area (Å²) in [6.07, 6.45) is 2.38. The highest BCUT2D eigenvalue weighted by Gasteiger charge is 2.35. The van der Waals surface area contributed by atoms with Gasteiger partial charge in [-0.3, -0.25) is 14.5 Å². The summed E-state index contributed by atoms with van der Waals surface area (Å²) in [5, 5.41) is -0.648. The fourth-order valence-corrected chi connectivity index (χ4v) is 3.77. The fraction of sp³-hybridized carbons (Fsp3) is 0.500. The lowest BCUT2D eigenvalue weighted by Gasteiger charge is -2.18. The molecule has 0 bridgehead atoms. The van der Waals surface area contributed by atoms with Gasteiger partial charge in [-0.05, 0) is 44.2 Å². The highest BCUT2D eigenvalue weighted by atomic mass is 32.2. The van der Waals surface area contributed by atoms with E-state index in [4.69, 9.17) is 0 Å². The minimum absolute atomic E-state index is 0.109. The minimum Gasteiger partial charge on any atom is -0.274 e. The third-order valence-corrected chi connectivity index (χ3v) is 6.30. The van der Waals surface area contributed by atoms with E-state index in [9.17, 15) is 18.0 Å². The number of rotatable bonds is 7. The Bertz CT molecular complexity index is 705. The first-order valence-electron chi connectivity index (χ1n) is 7.84. The quantitative estimate of drug-likeness (QED) is 0.763. The summed E-state index contributed by atoms with van der Waals surface area (Å²) < 4.78 is 26.9. The number of nitrogens with one attached hydrogen (secondary N) is 1. The maximum Gasteiger partial charge on any atom is 0.261 e. The third kappa shape index (κ3) is 3.30. The van der Waals surface area contributed by atoms with Crippen LogP contribution >= 0.6 is 0 Å². The number of amides is 2. The average molecular weight is 336 g/mol. The van der Waals surface area contributed by atoms with E-state index < -0.39 is 15.3 Å². The van der Waals surface area contributed by atoms with Gasteiger partial charge in [0.25, 0.3) is 11.8 Å². The molecule has 1 atom stereocenters. The highest BCUT2D eigenvalue weighted by Crippen LogP contribution is 2.28. The van der Waals surface area contributed by atoms with E-state index in [1.807, 2.05) is 0 Å². The molecular formula is C16H20N2O4S. The van der Waals surface area contributed by atoms with E-state index in [0.29, 0.717) is 23.6 Å². The van der Waals surface area contributed by atoms with Crippen molar-refractivity contribution in [3.63, 3.8) is 0 Å². The van der Waals surface area contributed by atoms with Crippen LogP contribution in [0.4, 0.5) is 0 Å². The molecule has 7 heteroatoms. The van der Waals surface area contributed by atoms with Crippen molar-refractivity contribution < 1.29 is 18.0 Å². The fourth-order valence-electron chi connectivity index (χ4n) is 2.61. The zero-order valence-electron chi connectivity index (χ0n) is 13.0. The lowest BCUT2D eigenvalue weighted by atomic mass is 10.1. The zero-order chi connectivity index (χ0) is 16.6. The molecule has 1 aromatic rings. The van der Waals surface area contributed by atoms with E-state index in [1.165, 1.54) is 0 Å². The molecule has 0 saturated heterocycles. The Morgan fingerprint density at radius 2 is 1.74 bits per heavy atom. The van der Waals surface area contributed by atoms with Crippen molar-refractivity contribution in [2.75, 3.05) is 13.1 Å². The zero-order valence-corrected chi connectivity index (χ0v) is 13.8. The number of carbonyl (C=O) groups excluding carboxylic acids is 2. The number of nitrogens with zero attached hydrogens (tertiary/aromatic N) is 1. The van der Waals surface area contributed by atoms with Gasteiger partial charge in [0.15, 0.2) is 0 Å². The molecule has 3 rings (SSSR count). The average Bonchev–Trinajstić information content (AvgIpc) is 3.33. The molecule has 0 aromatic heterocycles. The molecule has 124 valence electrons. The van der Waals surface area contributed by atoms with E-state index in [2.05, 4.69) is 4.72 Å². The molecule has 1 aliphatic carbocycles. The first kappa shape index (κ1) is 16.1. The van der Waals surface area contributed by atoms with Crippen LogP contribution in [0.5, 0.6) is 0 Å². The molecule has 2 amide bonds. The maximum absolute atomic E-state index is 12.2. The van der Waals surface area contributed by atoms with Crippen LogP contribution in [0.3, 0.4) is 0 Å². The van der Waals surface area contributed by atoms with Crippen molar-refractivity contribution >= 4 is 21.8 Å². The van der Waals surface area contributed by atoms with Crippen molar-refractivity contribution in [1.82, 2.24) is 9.62 Å². The van der Waals surface area contributed by atoms with Crippen LogP contribution in [-0.2, 0) is 10.0 Å². The molecular weight excluding hydrogens is 316 g/mol. The molecule has 2 aliphatic rings. The number of hydrogen-bond acceptors (Lipinski definition) is 4. The SMILES string of the molecule is CC(CCN1C(=O)c2ccccc2C1=O)S(=O)(=O)NCC1CC1. The van der Waals surface area contributed by atoms with Crippen molar-refractivity contribution in [2.24, 2.45) is 5.92 Å². The molecule has 6 nitrogen and oxygen atoms in total. The van der Waals surface area contributed by atoms with Gasteiger partial charge in [0.2, 0.25) is 10.0 Å². The lowest BCUT2D eigenvalue weighted by Crippen LogP contribution is -2.38. The summed E-state index contributed by atoms with van der Waals surface area (Å²) in [5.41, 5.74) is 0.778. The summed E-state index contributed by atoms with van der Waals surface area (Å²) in [4.78, 5) is 25.6. The van der Waals surface area contributed by atoms with Gasteiger partial charge in [0.1, 0.15) is 0 Å². The normalized spacial score (nSPS) is 19.1. The van der Waals surface area contributed by atoms with Crippen molar-refractivity contribution in [3.05, 3.63) is 35.4 Å². The second-order valence-corrected chi connectivity index (χ2v) is 8.43. The molecule has 1 aromatic carbocycles. The summed E-state index contributed by atoms with van der Waals surface area (Å²) in [5.74, 6) is -0.226. The number of carbonyl (C=O) groups is 2. The molecule has 1 aliphatic heterocycles. The van der Waals surface area contributed by atoms with Crippen molar-refractivity contribution in [1.29, 1.82) is 0 Å². The third-order valence-electron chi connectivity index (χ3n) is 4.44. The molecule has 1 heterocycles. The topological polar surface area (TPSA) is 83.6 Å². The molecule has 1 unspecified atom stereocenters. The second-order valence-electron chi connectivity index (χ2n) is 6.24. The van der Waals surface area contributed by atoms with Gasteiger partial charge in [-0.2, -0.15) is 0 Å². The second kappa shape index (κ2) is 6.05. The molecule has 0 spiro atoms. The Labute approximate surface area is 135 Å². The monoisotopic (exact) mass is 336 g/mol. The van der Waals surface area contributed by atoms with Crippen LogP contribution in [0.25, 0.3) is 0 Å². The van der Waals surface area contributed by atoms with E-state index in [-0.39, 0.29) is 24.8 Å². The van der Waals surface area contributed by atoms with Crippen LogP contribution in [0.15, 0.2) is 24.3 Å². The van der Waals surface area contributed by atoms with Crippen LogP contribution in [-0.4, -0.2) is 43.5 Å². The van der Waals surface area contributed by atoms with Crippen molar-refractivity contribution in [2.45, 2.75) is 31.4 Å². The molecule has 0 radical (unpaired) electrons. The highest BCUT2D eigenvalue weighted by molar-refractivity contribution is 7.90. The van der Waals surface area contributed by atoms with Gasteiger partial charge in [-0.25, -0.2) is 13.1 Å². The van der Waals surface area contributed by atoms with Gasteiger partial charge in [-0.15, -0.1) is 0 Å². The first-order valence-corrected chi connectivity index (χ1v) is 9.38. The van der Waals surface area contributed by atoms with E-state index >= 15 is 0 Å². The molecule has 1 N–H and O–H groups in total. The molecule has 1 fully saturated rings. The Hall–Kier alpha value is -1.73. The van der Waals surface area contributed by atoms with Gasteiger partial charge >= 0.3 is 0 Å². The Balaban J connectivity index is 1.60. The van der Waals surface area contributed by atoms with Crippen LogP contribution in [0.2, 0.25) is 0 Å². The number of hydrogen-bond donors (Lipinski definition) is 1. The number of benzene rings is 1. The van der Waals surface area contributed by atoms with Crippen LogP contribution in [0.1, 0.15) is 46.9 Å². The summed E-state index contributed by atoms with van der Waals surface area (Å²) in [6, 6.07) is 6.66. The minimum atomic E-state index is -3.41. The van der Waals surface area contributed by atoms with Gasteiger partial charge < -0.3 is 0 Å². The first-order chi connectivity index (χ1) is 10.9. The Kier molecular flexibility index (Phi) is 4.25. The van der Waals surface area contributed by atoms with Crippen molar-refractivity contribution in [3.8, 4) is 0 Å². The molecule has 23 heavy (non-hydrogen) atoms. The smallest absolute Gasteiger partial charge is 0.261 e. The van der Waals surface area contributed by atoms with E-state index in [1.54, 1.807) is 31.2 Å². The standard InChI is InChI=1S/C16H20N2O4S/c1-11(23(21,22)17-10-12-6-7-12)8-9-18-15(19)13-4-2-3-5-14(13)16(18)20/h2-5,11-12,17H,6-10H2,1H3. The Morgan fingerprint density at radius 1 is 1.17 bits per heavy atom. The van der Waals surface area contributed by atoms with Crippen LogP contribution in [0, 0.1) is 5.92 Å². The van der Waals surface area contributed by atoms with Crippen LogP contribution < -0.4 is 4.72 Å². The molecule has 1 saturated carbocycles. The number of fused-ring (bicyclic) bond motifs is 1. The largest absolute Gasteiger partial charge is 0.274 e. The predicted octanol–water partition coefficient (Wildman–Crippen LogP) is 1.39.